The zero-order chi connectivity index (χ0) is 16.9. The fourth-order valence-electron chi connectivity index (χ4n) is 3.23. The molecule has 3 rings (SSSR count). The van der Waals surface area contributed by atoms with Crippen LogP contribution in [0, 0.1) is 0 Å². The molecule has 2 heterocycles. The van der Waals surface area contributed by atoms with E-state index in [0.717, 1.165) is 36.2 Å². The van der Waals surface area contributed by atoms with Crippen LogP contribution in [0.25, 0.3) is 10.9 Å². The van der Waals surface area contributed by atoms with Crippen molar-refractivity contribution in [1.29, 1.82) is 0 Å². The minimum atomic E-state index is 0.0415. The maximum absolute atomic E-state index is 12.2. The maximum Gasteiger partial charge on any atom is 0.224 e. The van der Waals surface area contributed by atoms with Crippen molar-refractivity contribution in [1.82, 2.24) is 15.2 Å². The quantitative estimate of drug-likeness (QED) is 0.913. The highest BCUT2D eigenvalue weighted by Crippen LogP contribution is 2.13. The molecule has 5 heteroatoms. The minimum Gasteiger partial charge on any atom is -0.379 e. The Balaban J connectivity index is 1.53. The molecule has 2 atom stereocenters. The third kappa shape index (κ3) is 4.10. The molecule has 0 radical (unpaired) electrons. The highest BCUT2D eigenvalue weighted by Gasteiger charge is 2.23. The van der Waals surface area contributed by atoms with Gasteiger partial charge in [0.25, 0.3) is 0 Å². The van der Waals surface area contributed by atoms with E-state index in [1.54, 1.807) is 6.20 Å². The molecule has 1 aromatic heterocycles. The number of nitrogens with one attached hydrogen (secondary N) is 1. The van der Waals surface area contributed by atoms with Crippen LogP contribution in [0.15, 0.2) is 36.5 Å². The number of nitrogens with zero attached hydrogens (tertiary/aromatic N) is 2. The number of benzene rings is 1. The summed E-state index contributed by atoms with van der Waals surface area (Å²) in [5.41, 5.74) is 1.90. The average molecular weight is 327 g/mol. The number of hydrogen-bond donors (Lipinski definition) is 1. The van der Waals surface area contributed by atoms with Crippen LogP contribution in [0.1, 0.15) is 19.4 Å². The van der Waals surface area contributed by atoms with Gasteiger partial charge in [0, 0.05) is 36.8 Å². The summed E-state index contributed by atoms with van der Waals surface area (Å²) in [5.74, 6) is 0.0415. The highest BCUT2D eigenvalue weighted by molar-refractivity contribution is 5.82. The number of carbonyl (C=O) groups is 1. The van der Waals surface area contributed by atoms with Gasteiger partial charge in [-0.3, -0.25) is 14.7 Å². The Hall–Kier alpha value is -1.98. The van der Waals surface area contributed by atoms with E-state index in [-0.39, 0.29) is 5.91 Å². The number of hydrogen-bond acceptors (Lipinski definition) is 4. The third-order valence-electron chi connectivity index (χ3n) is 4.59. The molecule has 1 aliphatic heterocycles. The number of pyridine rings is 1. The Morgan fingerprint density at radius 3 is 3.12 bits per heavy atom. The molecule has 24 heavy (non-hydrogen) atoms. The van der Waals surface area contributed by atoms with Crippen molar-refractivity contribution < 1.29 is 9.53 Å². The first-order valence-corrected chi connectivity index (χ1v) is 8.57. The number of fused-ring (bicyclic) bond motifs is 1. The molecule has 0 aliphatic carbocycles. The molecule has 0 unspecified atom stereocenters. The average Bonchev–Trinajstić information content (AvgIpc) is 2.60. The number of amides is 1. The molecular formula is C19H25N3O2. The van der Waals surface area contributed by atoms with Crippen LogP contribution in [0.3, 0.4) is 0 Å². The van der Waals surface area contributed by atoms with Crippen molar-refractivity contribution in [3.8, 4) is 0 Å². The van der Waals surface area contributed by atoms with Crippen LogP contribution in [0.5, 0.6) is 0 Å². The summed E-state index contributed by atoms with van der Waals surface area (Å²) >= 11 is 0. The highest BCUT2D eigenvalue weighted by atomic mass is 16.5. The van der Waals surface area contributed by atoms with Gasteiger partial charge in [-0.15, -0.1) is 0 Å². The molecule has 1 N–H and O–H groups in total. The molecule has 0 spiro atoms. The fourth-order valence-corrected chi connectivity index (χ4v) is 3.23. The Kier molecular flexibility index (Phi) is 5.43. The molecular weight excluding hydrogens is 302 g/mol. The second-order valence-electron chi connectivity index (χ2n) is 6.53. The molecule has 2 aromatic rings. The predicted octanol–water partition coefficient (Wildman–Crippen LogP) is 2.00. The van der Waals surface area contributed by atoms with Crippen molar-refractivity contribution in [3.63, 3.8) is 0 Å². The Bertz CT molecular complexity index is 704. The Morgan fingerprint density at radius 2 is 2.29 bits per heavy atom. The second kappa shape index (κ2) is 7.73. The molecule has 1 aliphatic rings. The van der Waals surface area contributed by atoms with Crippen molar-refractivity contribution in [2.75, 3.05) is 26.3 Å². The van der Waals surface area contributed by atoms with E-state index in [4.69, 9.17) is 4.74 Å². The van der Waals surface area contributed by atoms with Crippen LogP contribution >= 0.6 is 0 Å². The topological polar surface area (TPSA) is 54.5 Å². The Morgan fingerprint density at radius 1 is 1.46 bits per heavy atom. The minimum absolute atomic E-state index is 0.0415. The summed E-state index contributed by atoms with van der Waals surface area (Å²) in [5, 5.41) is 4.12. The molecule has 1 fully saturated rings. The van der Waals surface area contributed by atoms with Crippen LogP contribution in [-0.2, 0) is 16.0 Å². The van der Waals surface area contributed by atoms with Gasteiger partial charge >= 0.3 is 0 Å². The van der Waals surface area contributed by atoms with Gasteiger partial charge in [-0.25, -0.2) is 0 Å². The van der Waals surface area contributed by atoms with Gasteiger partial charge in [-0.05, 0) is 31.5 Å². The van der Waals surface area contributed by atoms with Gasteiger partial charge in [0.2, 0.25) is 5.91 Å². The second-order valence-corrected chi connectivity index (χ2v) is 6.53. The predicted molar refractivity (Wildman–Crippen MR) is 94.9 cm³/mol. The van der Waals surface area contributed by atoms with Gasteiger partial charge in [0.1, 0.15) is 0 Å². The van der Waals surface area contributed by atoms with Gasteiger partial charge in [0.15, 0.2) is 0 Å². The molecule has 1 amide bonds. The Labute approximate surface area is 143 Å². The van der Waals surface area contributed by atoms with E-state index in [1.807, 2.05) is 30.3 Å². The van der Waals surface area contributed by atoms with E-state index < -0.39 is 0 Å². The lowest BCUT2D eigenvalue weighted by atomic mass is 10.1. The maximum atomic E-state index is 12.2. The molecule has 1 aromatic carbocycles. The zero-order valence-electron chi connectivity index (χ0n) is 14.4. The summed E-state index contributed by atoms with van der Waals surface area (Å²) in [4.78, 5) is 19.0. The van der Waals surface area contributed by atoms with Crippen LogP contribution in [0.4, 0.5) is 0 Å². The van der Waals surface area contributed by atoms with Gasteiger partial charge in [-0.1, -0.05) is 18.2 Å². The van der Waals surface area contributed by atoms with E-state index in [0.29, 0.717) is 25.0 Å². The van der Waals surface area contributed by atoms with E-state index in [2.05, 4.69) is 29.0 Å². The van der Waals surface area contributed by atoms with Crippen LogP contribution in [0.2, 0.25) is 0 Å². The summed E-state index contributed by atoms with van der Waals surface area (Å²) in [6, 6.07) is 10.7. The first-order chi connectivity index (χ1) is 11.6. The lowest BCUT2D eigenvalue weighted by molar-refractivity contribution is -0.120. The van der Waals surface area contributed by atoms with E-state index in [9.17, 15) is 4.79 Å². The molecule has 0 bridgehead atoms. The first-order valence-electron chi connectivity index (χ1n) is 8.57. The summed E-state index contributed by atoms with van der Waals surface area (Å²) < 4.78 is 5.47. The third-order valence-corrected chi connectivity index (χ3v) is 4.59. The van der Waals surface area contributed by atoms with Crippen molar-refractivity contribution in [2.24, 2.45) is 0 Å². The summed E-state index contributed by atoms with van der Waals surface area (Å²) in [6.45, 7) is 7.43. The lowest BCUT2D eigenvalue weighted by Gasteiger charge is -2.37. The number of para-hydroxylation sites is 1. The number of carbonyl (C=O) groups excluding carboxylic acids is 1. The normalized spacial score (nSPS) is 20.0. The van der Waals surface area contributed by atoms with Gasteiger partial charge in [0.05, 0.1) is 25.2 Å². The van der Waals surface area contributed by atoms with Crippen molar-refractivity contribution in [3.05, 3.63) is 42.1 Å². The van der Waals surface area contributed by atoms with Gasteiger partial charge < -0.3 is 10.1 Å². The van der Waals surface area contributed by atoms with Crippen LogP contribution in [-0.4, -0.2) is 54.2 Å². The first kappa shape index (κ1) is 16.9. The van der Waals surface area contributed by atoms with Crippen LogP contribution < -0.4 is 5.32 Å². The van der Waals surface area contributed by atoms with Crippen molar-refractivity contribution >= 4 is 16.8 Å². The smallest absolute Gasteiger partial charge is 0.224 e. The SMILES string of the molecule is C[C@@H](CNC(=O)Cc1cnc2ccccc2c1)N1CCOC[C@@H]1C. The standard InChI is InChI=1S/C19H25N3O2/c1-14(22-7-8-24-13-15(22)2)11-21-19(23)10-16-9-17-5-3-4-6-18(17)20-12-16/h3-6,9,12,14-15H,7-8,10-11,13H2,1-2H3,(H,21,23)/t14-,15-/m0/s1. The summed E-state index contributed by atoms with van der Waals surface area (Å²) in [6.07, 6.45) is 2.15. The van der Waals surface area contributed by atoms with E-state index >= 15 is 0 Å². The fraction of sp³-hybridized carbons (Fsp3) is 0.474. The lowest BCUT2D eigenvalue weighted by Crippen LogP contribution is -2.52. The van der Waals surface area contributed by atoms with Gasteiger partial charge in [-0.2, -0.15) is 0 Å². The molecule has 0 saturated carbocycles. The zero-order valence-corrected chi connectivity index (χ0v) is 14.4. The monoisotopic (exact) mass is 327 g/mol. The summed E-state index contributed by atoms with van der Waals surface area (Å²) in [7, 11) is 0. The van der Waals surface area contributed by atoms with E-state index in [1.165, 1.54) is 0 Å². The van der Waals surface area contributed by atoms with Crippen molar-refractivity contribution in [2.45, 2.75) is 32.4 Å². The number of aromatic nitrogens is 1. The number of ether oxygens (including phenoxy) is 1. The largest absolute Gasteiger partial charge is 0.379 e. The number of morpholine rings is 1. The molecule has 1 saturated heterocycles. The molecule has 5 nitrogen and oxygen atoms in total. The number of rotatable bonds is 5. The molecule has 128 valence electrons.